The molecule has 1 unspecified atom stereocenters. The van der Waals surface area contributed by atoms with Gasteiger partial charge in [-0.05, 0) is 46.5 Å². The lowest BCUT2D eigenvalue weighted by atomic mass is 10.1. The van der Waals surface area contributed by atoms with Gasteiger partial charge in [0.2, 0.25) is 0 Å². The first-order valence-corrected chi connectivity index (χ1v) is 6.98. The van der Waals surface area contributed by atoms with E-state index in [-0.39, 0.29) is 18.4 Å². The molecule has 0 aromatic heterocycles. The first-order chi connectivity index (χ1) is 9.45. The van der Waals surface area contributed by atoms with Crippen molar-refractivity contribution in [2.24, 2.45) is 5.92 Å². The van der Waals surface area contributed by atoms with Crippen LogP contribution in [0.4, 0.5) is 14.9 Å². The Morgan fingerprint density at radius 3 is 2.90 bits per heavy atom. The van der Waals surface area contributed by atoms with Crippen molar-refractivity contribution in [2.45, 2.75) is 12.8 Å². The number of anilines is 1. The van der Waals surface area contributed by atoms with Crippen LogP contribution in [0.3, 0.4) is 0 Å². The number of halogens is 2. The van der Waals surface area contributed by atoms with E-state index in [4.69, 9.17) is 5.11 Å². The van der Waals surface area contributed by atoms with Gasteiger partial charge < -0.3 is 15.3 Å². The predicted octanol–water partition coefficient (Wildman–Crippen LogP) is 2.92. The number of benzene rings is 1. The van der Waals surface area contributed by atoms with E-state index in [9.17, 15) is 14.0 Å². The van der Waals surface area contributed by atoms with E-state index in [2.05, 4.69) is 21.2 Å². The first kappa shape index (κ1) is 14.8. The maximum Gasteiger partial charge on any atom is 0.321 e. The first-order valence-electron chi connectivity index (χ1n) is 6.18. The highest BCUT2D eigenvalue weighted by atomic mass is 79.9. The zero-order chi connectivity index (χ0) is 14.7. The monoisotopic (exact) mass is 344 g/mol. The molecular formula is C13H14BrFN2O3. The van der Waals surface area contributed by atoms with E-state index in [1.165, 1.54) is 18.2 Å². The Bertz CT molecular complexity index is 538. The van der Waals surface area contributed by atoms with Crippen LogP contribution in [-0.2, 0) is 4.79 Å². The Morgan fingerprint density at radius 2 is 2.25 bits per heavy atom. The third kappa shape index (κ3) is 3.69. The Kier molecular flexibility index (Phi) is 4.59. The molecule has 0 aliphatic carbocycles. The number of rotatable bonds is 3. The zero-order valence-electron chi connectivity index (χ0n) is 10.6. The number of nitrogens with one attached hydrogen (secondary N) is 1. The molecule has 0 spiro atoms. The minimum absolute atomic E-state index is 0.00471. The number of urea groups is 1. The van der Waals surface area contributed by atoms with Crippen molar-refractivity contribution in [2.75, 3.05) is 18.4 Å². The predicted molar refractivity (Wildman–Crippen MR) is 75.1 cm³/mol. The van der Waals surface area contributed by atoms with Gasteiger partial charge in [0, 0.05) is 24.0 Å². The summed E-state index contributed by atoms with van der Waals surface area (Å²) in [6.45, 7) is 0.958. The number of amides is 2. The quantitative estimate of drug-likeness (QED) is 0.885. The van der Waals surface area contributed by atoms with Gasteiger partial charge in [-0.1, -0.05) is 0 Å². The van der Waals surface area contributed by atoms with Gasteiger partial charge in [-0.25, -0.2) is 9.18 Å². The number of aliphatic carboxylic acids is 1. The summed E-state index contributed by atoms with van der Waals surface area (Å²) in [5.41, 5.74) is 0.484. The van der Waals surface area contributed by atoms with E-state index in [0.717, 1.165) is 0 Å². The molecule has 0 bridgehead atoms. The van der Waals surface area contributed by atoms with E-state index in [1.54, 1.807) is 4.90 Å². The molecule has 1 atom stereocenters. The van der Waals surface area contributed by atoms with Gasteiger partial charge in [0.15, 0.2) is 0 Å². The van der Waals surface area contributed by atoms with Crippen LogP contribution in [0, 0.1) is 11.7 Å². The summed E-state index contributed by atoms with van der Waals surface area (Å²) < 4.78 is 13.4. The average Bonchev–Trinajstić information content (AvgIpc) is 2.80. The maximum atomic E-state index is 12.9. The van der Waals surface area contributed by atoms with E-state index >= 15 is 0 Å². The van der Waals surface area contributed by atoms with Gasteiger partial charge in [-0.3, -0.25) is 4.79 Å². The maximum absolute atomic E-state index is 12.9. The van der Waals surface area contributed by atoms with Crippen molar-refractivity contribution in [3.05, 3.63) is 28.5 Å². The third-order valence-corrected chi connectivity index (χ3v) is 3.87. The molecule has 1 aromatic rings. The highest BCUT2D eigenvalue weighted by molar-refractivity contribution is 9.10. The number of carboxylic acids is 1. The van der Waals surface area contributed by atoms with E-state index < -0.39 is 11.8 Å². The van der Waals surface area contributed by atoms with Gasteiger partial charge in [-0.15, -0.1) is 0 Å². The Morgan fingerprint density at radius 1 is 1.50 bits per heavy atom. The van der Waals surface area contributed by atoms with Crippen LogP contribution in [-0.4, -0.2) is 35.1 Å². The Labute approximate surface area is 123 Å². The van der Waals surface area contributed by atoms with Crippen molar-refractivity contribution < 1.29 is 19.1 Å². The fourth-order valence-corrected chi connectivity index (χ4v) is 2.67. The van der Waals surface area contributed by atoms with Crippen molar-refractivity contribution in [3.63, 3.8) is 0 Å². The lowest BCUT2D eigenvalue weighted by Gasteiger charge is -2.17. The molecular weight excluding hydrogens is 331 g/mol. The van der Waals surface area contributed by atoms with Crippen LogP contribution < -0.4 is 5.32 Å². The van der Waals surface area contributed by atoms with Gasteiger partial charge in [-0.2, -0.15) is 0 Å². The molecule has 1 aliphatic heterocycles. The summed E-state index contributed by atoms with van der Waals surface area (Å²) in [5.74, 6) is -1.24. The second kappa shape index (κ2) is 6.21. The fourth-order valence-electron chi connectivity index (χ4n) is 2.22. The van der Waals surface area contributed by atoms with Crippen LogP contribution in [0.25, 0.3) is 0 Å². The molecule has 2 N–H and O–H groups in total. The number of nitrogens with zero attached hydrogens (tertiary/aromatic N) is 1. The Hall–Kier alpha value is -1.63. The highest BCUT2D eigenvalue weighted by Gasteiger charge is 2.27. The number of likely N-dealkylation sites (tertiary alicyclic amines) is 1. The van der Waals surface area contributed by atoms with Gasteiger partial charge in [0.25, 0.3) is 0 Å². The molecule has 7 heteroatoms. The minimum atomic E-state index is -0.849. The van der Waals surface area contributed by atoms with E-state index in [0.29, 0.717) is 29.7 Å². The fraction of sp³-hybridized carbons (Fsp3) is 0.385. The highest BCUT2D eigenvalue weighted by Crippen LogP contribution is 2.25. The molecule has 1 saturated heterocycles. The SMILES string of the molecule is O=C(O)CC1CCN(C(=O)Nc2ccc(F)cc2Br)C1. The summed E-state index contributed by atoms with van der Waals surface area (Å²) in [6, 6.07) is 3.71. The summed E-state index contributed by atoms with van der Waals surface area (Å²) in [4.78, 5) is 24.2. The molecule has 5 nitrogen and oxygen atoms in total. The molecule has 2 amide bonds. The van der Waals surface area contributed by atoms with Crippen LogP contribution >= 0.6 is 15.9 Å². The Balaban J connectivity index is 1.94. The van der Waals surface area contributed by atoms with Crippen LogP contribution in [0.15, 0.2) is 22.7 Å². The lowest BCUT2D eigenvalue weighted by molar-refractivity contribution is -0.138. The number of hydrogen-bond donors (Lipinski definition) is 2. The molecule has 108 valence electrons. The third-order valence-electron chi connectivity index (χ3n) is 3.21. The van der Waals surface area contributed by atoms with Crippen molar-refractivity contribution in [3.8, 4) is 0 Å². The van der Waals surface area contributed by atoms with Gasteiger partial charge in [0.05, 0.1) is 5.69 Å². The van der Waals surface area contributed by atoms with Crippen LogP contribution in [0.5, 0.6) is 0 Å². The number of carboxylic acid groups (broad SMARTS) is 1. The molecule has 1 fully saturated rings. The van der Waals surface area contributed by atoms with Gasteiger partial charge >= 0.3 is 12.0 Å². The lowest BCUT2D eigenvalue weighted by Crippen LogP contribution is -2.33. The largest absolute Gasteiger partial charge is 0.481 e. The average molecular weight is 345 g/mol. The molecule has 0 radical (unpaired) electrons. The molecule has 1 aliphatic rings. The number of hydrogen-bond acceptors (Lipinski definition) is 2. The topological polar surface area (TPSA) is 69.6 Å². The van der Waals surface area contributed by atoms with Crippen LogP contribution in [0.2, 0.25) is 0 Å². The van der Waals surface area contributed by atoms with E-state index in [1.807, 2.05) is 0 Å². The summed E-state index contributed by atoms with van der Waals surface area (Å²) in [5, 5.41) is 11.4. The molecule has 20 heavy (non-hydrogen) atoms. The normalized spacial score (nSPS) is 18.1. The smallest absolute Gasteiger partial charge is 0.321 e. The van der Waals surface area contributed by atoms with Crippen LogP contribution in [0.1, 0.15) is 12.8 Å². The van der Waals surface area contributed by atoms with Gasteiger partial charge in [0.1, 0.15) is 5.82 Å². The molecule has 1 heterocycles. The van der Waals surface area contributed by atoms with Crippen molar-refractivity contribution >= 4 is 33.6 Å². The standard InChI is InChI=1S/C13H14BrFN2O3/c14-10-6-9(15)1-2-11(10)16-13(20)17-4-3-8(7-17)5-12(18)19/h1-2,6,8H,3-5,7H2,(H,16,20)(H,18,19). The summed E-state index contributed by atoms with van der Waals surface area (Å²) >= 11 is 3.18. The minimum Gasteiger partial charge on any atom is -0.481 e. The second-order valence-corrected chi connectivity index (χ2v) is 5.61. The molecule has 1 aromatic carbocycles. The number of carbonyl (C=O) groups is 2. The second-order valence-electron chi connectivity index (χ2n) is 4.75. The summed E-state index contributed by atoms with van der Waals surface area (Å²) in [7, 11) is 0. The molecule has 2 rings (SSSR count). The van der Waals surface area contributed by atoms with Crippen molar-refractivity contribution in [1.29, 1.82) is 0 Å². The summed E-state index contributed by atoms with van der Waals surface area (Å²) in [6.07, 6.45) is 0.758. The zero-order valence-corrected chi connectivity index (χ0v) is 12.2. The van der Waals surface area contributed by atoms with Crippen molar-refractivity contribution in [1.82, 2.24) is 4.90 Å². The number of carbonyl (C=O) groups excluding carboxylic acids is 1. The molecule has 0 saturated carbocycles.